The zero-order valence-electron chi connectivity index (χ0n) is 20.2. The van der Waals surface area contributed by atoms with Crippen molar-refractivity contribution in [2.24, 2.45) is 0 Å². The van der Waals surface area contributed by atoms with Crippen LogP contribution in [0.1, 0.15) is 30.3 Å². The van der Waals surface area contributed by atoms with Gasteiger partial charge in [0.1, 0.15) is 17.5 Å². The van der Waals surface area contributed by atoms with Crippen molar-refractivity contribution in [3.8, 4) is 11.5 Å². The van der Waals surface area contributed by atoms with E-state index in [9.17, 15) is 0 Å². The molecule has 3 aromatic rings. The Morgan fingerprint density at radius 3 is 2.51 bits per heavy atom. The molecule has 5 rings (SSSR count). The summed E-state index contributed by atoms with van der Waals surface area (Å²) in [6.07, 6.45) is 2.26. The first-order valence-corrected chi connectivity index (χ1v) is 11.9. The van der Waals surface area contributed by atoms with E-state index in [1.807, 2.05) is 16.8 Å². The van der Waals surface area contributed by atoms with Crippen LogP contribution in [0.3, 0.4) is 0 Å². The first kappa shape index (κ1) is 25.2. The lowest BCUT2D eigenvalue weighted by Gasteiger charge is -2.40. The molecule has 2 aromatic carbocycles. The highest BCUT2D eigenvalue weighted by Gasteiger charge is 2.33. The maximum Gasteiger partial charge on any atom is 0.173 e. The molecule has 0 radical (unpaired) electrons. The highest BCUT2D eigenvalue weighted by Crippen LogP contribution is 2.37. The van der Waals surface area contributed by atoms with Crippen molar-refractivity contribution in [1.29, 1.82) is 0 Å². The van der Waals surface area contributed by atoms with E-state index in [0.717, 1.165) is 68.5 Å². The topological polar surface area (TPSA) is 77.8 Å². The van der Waals surface area contributed by atoms with Crippen LogP contribution in [0.4, 0.5) is 5.69 Å². The van der Waals surface area contributed by atoms with E-state index in [2.05, 4.69) is 61.7 Å². The summed E-state index contributed by atoms with van der Waals surface area (Å²) in [5.41, 5.74) is 2.28. The van der Waals surface area contributed by atoms with E-state index < -0.39 is 0 Å². The fourth-order valence-corrected chi connectivity index (χ4v) is 4.94. The molecule has 2 aliphatic heterocycles. The third kappa shape index (κ3) is 5.52. The molecular weight excluding hydrogens is 468 g/mol. The van der Waals surface area contributed by atoms with E-state index in [4.69, 9.17) is 14.2 Å². The number of ether oxygens (including phenoxy) is 3. The highest BCUT2D eigenvalue weighted by atomic mass is 35.5. The summed E-state index contributed by atoms with van der Waals surface area (Å²) >= 11 is 0. The zero-order chi connectivity index (χ0) is 23.3. The van der Waals surface area contributed by atoms with Crippen LogP contribution in [0.5, 0.6) is 11.5 Å². The number of benzene rings is 2. The Hall–Kier alpha value is -2.88. The minimum Gasteiger partial charge on any atom is -0.497 e. The number of piperazine rings is 1. The van der Waals surface area contributed by atoms with Gasteiger partial charge in [0.2, 0.25) is 0 Å². The number of aromatic nitrogens is 4. The van der Waals surface area contributed by atoms with Gasteiger partial charge in [-0.25, -0.2) is 4.68 Å². The molecule has 9 nitrogen and oxygen atoms in total. The largest absolute Gasteiger partial charge is 0.497 e. The standard InChI is InChI=1S/C25H32N6O3.ClH/c1-32-20-10-11-22(23(17-20)33-2)24(25-26-27-28-31(25)18-21-9-6-16-34-21)30-14-12-29(13-15-30)19-7-4-3-5-8-19;/h3-5,7-8,10-11,17,21,24H,6,9,12-16,18H2,1-2H3;1H. The molecule has 0 spiro atoms. The summed E-state index contributed by atoms with van der Waals surface area (Å²) < 4.78 is 19.0. The normalized spacial score (nSPS) is 19.3. The van der Waals surface area contributed by atoms with Crippen LogP contribution in [0.15, 0.2) is 48.5 Å². The van der Waals surface area contributed by atoms with Gasteiger partial charge in [-0.15, -0.1) is 17.5 Å². The highest BCUT2D eigenvalue weighted by molar-refractivity contribution is 5.85. The quantitative estimate of drug-likeness (QED) is 0.466. The van der Waals surface area contributed by atoms with Crippen molar-refractivity contribution >= 4 is 18.1 Å². The lowest BCUT2D eigenvalue weighted by molar-refractivity contribution is 0.0906. The molecule has 0 aliphatic carbocycles. The van der Waals surface area contributed by atoms with E-state index in [-0.39, 0.29) is 24.6 Å². The molecule has 3 heterocycles. The minimum atomic E-state index is -0.143. The van der Waals surface area contributed by atoms with Gasteiger partial charge in [0, 0.05) is 50.1 Å². The van der Waals surface area contributed by atoms with Gasteiger partial charge in [-0.05, 0) is 47.5 Å². The fraction of sp³-hybridized carbons (Fsp3) is 0.480. The molecule has 0 saturated carbocycles. The maximum atomic E-state index is 5.87. The Labute approximate surface area is 212 Å². The molecule has 188 valence electrons. The third-order valence-corrected chi connectivity index (χ3v) is 6.74. The third-order valence-electron chi connectivity index (χ3n) is 6.74. The number of methoxy groups -OCH3 is 2. The SMILES string of the molecule is COc1ccc(C(c2nnnn2CC2CCCO2)N2CCN(c3ccccc3)CC2)c(OC)c1.Cl. The number of halogens is 1. The predicted octanol–water partition coefficient (Wildman–Crippen LogP) is 3.20. The van der Waals surface area contributed by atoms with Gasteiger partial charge >= 0.3 is 0 Å². The number of tetrazole rings is 1. The summed E-state index contributed by atoms with van der Waals surface area (Å²) in [5, 5.41) is 12.9. The van der Waals surface area contributed by atoms with E-state index in [1.165, 1.54) is 5.69 Å². The summed E-state index contributed by atoms with van der Waals surface area (Å²) in [4.78, 5) is 4.87. The lowest BCUT2D eigenvalue weighted by Crippen LogP contribution is -2.48. The molecule has 2 aliphatic rings. The van der Waals surface area contributed by atoms with Crippen LogP contribution in [-0.4, -0.2) is 78.2 Å². The second-order valence-electron chi connectivity index (χ2n) is 8.72. The maximum absolute atomic E-state index is 5.87. The second kappa shape index (κ2) is 11.7. The van der Waals surface area contributed by atoms with Crippen molar-refractivity contribution < 1.29 is 14.2 Å². The van der Waals surface area contributed by atoms with Gasteiger partial charge in [-0.3, -0.25) is 4.90 Å². The Morgan fingerprint density at radius 1 is 1.03 bits per heavy atom. The summed E-state index contributed by atoms with van der Waals surface area (Å²) in [6, 6.07) is 16.4. The minimum absolute atomic E-state index is 0. The van der Waals surface area contributed by atoms with Gasteiger partial charge in [-0.1, -0.05) is 18.2 Å². The zero-order valence-corrected chi connectivity index (χ0v) is 21.1. The molecule has 1 aromatic heterocycles. The average molecular weight is 501 g/mol. The molecule has 10 heteroatoms. The molecule has 2 fully saturated rings. The fourth-order valence-electron chi connectivity index (χ4n) is 4.94. The van der Waals surface area contributed by atoms with Crippen molar-refractivity contribution in [3.63, 3.8) is 0 Å². The van der Waals surface area contributed by atoms with Gasteiger partial charge in [-0.2, -0.15) is 0 Å². The number of hydrogen-bond donors (Lipinski definition) is 0. The van der Waals surface area contributed by atoms with E-state index >= 15 is 0 Å². The Balaban J connectivity index is 0.00000289. The predicted molar refractivity (Wildman–Crippen MR) is 136 cm³/mol. The molecule has 0 N–H and O–H groups in total. The molecule has 35 heavy (non-hydrogen) atoms. The van der Waals surface area contributed by atoms with Crippen LogP contribution >= 0.6 is 12.4 Å². The number of hydrogen-bond acceptors (Lipinski definition) is 8. The summed E-state index contributed by atoms with van der Waals surface area (Å²) in [5.74, 6) is 2.33. The monoisotopic (exact) mass is 500 g/mol. The summed E-state index contributed by atoms with van der Waals surface area (Å²) in [7, 11) is 3.36. The van der Waals surface area contributed by atoms with Crippen LogP contribution < -0.4 is 14.4 Å². The lowest BCUT2D eigenvalue weighted by atomic mass is 10.0. The Morgan fingerprint density at radius 2 is 1.83 bits per heavy atom. The number of rotatable bonds is 8. The Bertz CT molecular complexity index is 1070. The molecule has 2 unspecified atom stereocenters. The molecule has 2 atom stereocenters. The van der Waals surface area contributed by atoms with Crippen LogP contribution in [0, 0.1) is 0 Å². The van der Waals surface area contributed by atoms with Crippen LogP contribution in [0.25, 0.3) is 0 Å². The van der Waals surface area contributed by atoms with Gasteiger partial charge in [0.25, 0.3) is 0 Å². The summed E-state index contributed by atoms with van der Waals surface area (Å²) in [6.45, 7) is 5.06. The molecule has 0 amide bonds. The van der Waals surface area contributed by atoms with Crippen molar-refractivity contribution in [1.82, 2.24) is 25.1 Å². The van der Waals surface area contributed by atoms with Gasteiger partial charge in [0.05, 0.1) is 26.9 Å². The Kier molecular flexibility index (Phi) is 8.43. The second-order valence-corrected chi connectivity index (χ2v) is 8.72. The smallest absolute Gasteiger partial charge is 0.173 e. The number of anilines is 1. The van der Waals surface area contributed by atoms with Crippen LogP contribution in [-0.2, 0) is 11.3 Å². The van der Waals surface area contributed by atoms with Gasteiger partial charge < -0.3 is 19.1 Å². The van der Waals surface area contributed by atoms with Crippen molar-refractivity contribution in [2.75, 3.05) is 51.9 Å². The molecule has 0 bridgehead atoms. The molecular formula is C25H33ClN6O3. The van der Waals surface area contributed by atoms with E-state index in [1.54, 1.807) is 14.2 Å². The average Bonchev–Trinajstić information content (AvgIpc) is 3.58. The van der Waals surface area contributed by atoms with Gasteiger partial charge in [0.15, 0.2) is 5.82 Å². The number of nitrogens with zero attached hydrogens (tertiary/aromatic N) is 6. The van der Waals surface area contributed by atoms with E-state index in [0.29, 0.717) is 6.54 Å². The van der Waals surface area contributed by atoms with Crippen molar-refractivity contribution in [3.05, 3.63) is 59.9 Å². The molecule has 2 saturated heterocycles. The van der Waals surface area contributed by atoms with Crippen molar-refractivity contribution in [2.45, 2.75) is 31.5 Å². The van der Waals surface area contributed by atoms with Crippen LogP contribution in [0.2, 0.25) is 0 Å². The first-order valence-electron chi connectivity index (χ1n) is 11.9. The number of para-hydroxylation sites is 1. The first-order chi connectivity index (χ1) is 16.8.